The van der Waals surface area contributed by atoms with Gasteiger partial charge in [-0.3, -0.25) is 20.2 Å². The Morgan fingerprint density at radius 3 is 2.72 bits per heavy atom. The van der Waals surface area contributed by atoms with Crippen LogP contribution in [-0.2, 0) is 0 Å². The molecule has 0 spiro atoms. The highest BCUT2D eigenvalue weighted by atomic mass is 32.1. The van der Waals surface area contributed by atoms with Crippen LogP contribution in [0.2, 0.25) is 0 Å². The van der Waals surface area contributed by atoms with Crippen LogP contribution in [0.4, 0.5) is 10.8 Å². The zero-order valence-electron chi connectivity index (χ0n) is 13.8. The number of thiazole rings is 1. The van der Waals surface area contributed by atoms with E-state index in [2.05, 4.69) is 10.3 Å². The van der Waals surface area contributed by atoms with Crippen LogP contribution in [0.5, 0.6) is 5.75 Å². The second-order valence-corrected chi connectivity index (χ2v) is 6.57. The summed E-state index contributed by atoms with van der Waals surface area (Å²) < 4.78 is 6.10. The number of fused-ring (bicyclic) bond motifs is 1. The first-order chi connectivity index (χ1) is 11.9. The molecule has 0 unspecified atom stereocenters. The predicted octanol–water partition coefficient (Wildman–Crippen LogP) is 4.08. The molecule has 0 aliphatic rings. The van der Waals surface area contributed by atoms with Crippen molar-refractivity contribution in [3.63, 3.8) is 0 Å². The van der Waals surface area contributed by atoms with E-state index in [0.717, 1.165) is 21.3 Å². The molecule has 8 heteroatoms. The number of non-ortho nitro benzene ring substituents is 1. The highest BCUT2D eigenvalue weighted by molar-refractivity contribution is 7.22. The van der Waals surface area contributed by atoms with Crippen molar-refractivity contribution in [1.82, 2.24) is 4.98 Å². The summed E-state index contributed by atoms with van der Waals surface area (Å²) in [6.45, 7) is 3.96. The van der Waals surface area contributed by atoms with E-state index in [9.17, 15) is 14.9 Å². The number of carbonyl (C=O) groups excluding carboxylic acids is 1. The van der Waals surface area contributed by atoms with Gasteiger partial charge in [0.2, 0.25) is 0 Å². The van der Waals surface area contributed by atoms with Gasteiger partial charge in [-0.15, -0.1) is 0 Å². The number of methoxy groups -OCH3 is 1. The summed E-state index contributed by atoms with van der Waals surface area (Å²) in [4.78, 5) is 27.4. The van der Waals surface area contributed by atoms with Crippen molar-refractivity contribution >= 4 is 38.3 Å². The average molecular weight is 357 g/mol. The van der Waals surface area contributed by atoms with Crippen molar-refractivity contribution in [3.05, 3.63) is 57.1 Å². The monoisotopic (exact) mass is 357 g/mol. The number of aromatic nitrogens is 1. The molecule has 0 atom stereocenters. The molecule has 1 amide bonds. The van der Waals surface area contributed by atoms with E-state index < -0.39 is 10.8 Å². The number of ether oxygens (including phenoxy) is 1. The fourth-order valence-corrected chi connectivity index (χ4v) is 3.61. The maximum Gasteiger partial charge on any atom is 0.270 e. The summed E-state index contributed by atoms with van der Waals surface area (Å²) in [5.41, 5.74) is 2.88. The molecule has 0 aliphatic carbocycles. The Balaban J connectivity index is 1.96. The summed E-state index contributed by atoms with van der Waals surface area (Å²) in [6.07, 6.45) is 0. The van der Waals surface area contributed by atoms with Gasteiger partial charge in [-0.05, 0) is 37.1 Å². The maximum absolute atomic E-state index is 12.6. The van der Waals surface area contributed by atoms with Crippen LogP contribution < -0.4 is 10.1 Å². The van der Waals surface area contributed by atoms with Gasteiger partial charge in [0.15, 0.2) is 5.13 Å². The number of anilines is 1. The number of nitro benzene ring substituents is 1. The first kappa shape index (κ1) is 16.8. The van der Waals surface area contributed by atoms with E-state index >= 15 is 0 Å². The zero-order chi connectivity index (χ0) is 18.1. The molecule has 3 rings (SSSR count). The largest absolute Gasteiger partial charge is 0.496 e. The fraction of sp³-hybridized carbons (Fsp3) is 0.176. The van der Waals surface area contributed by atoms with Crippen molar-refractivity contribution in [2.75, 3.05) is 12.4 Å². The van der Waals surface area contributed by atoms with E-state index in [1.807, 2.05) is 26.0 Å². The average Bonchev–Trinajstić information content (AvgIpc) is 2.96. The lowest BCUT2D eigenvalue weighted by atomic mass is 10.1. The van der Waals surface area contributed by atoms with Crippen LogP contribution in [0.1, 0.15) is 21.5 Å². The topological polar surface area (TPSA) is 94.4 Å². The van der Waals surface area contributed by atoms with Crippen molar-refractivity contribution in [2.45, 2.75) is 13.8 Å². The molecule has 0 radical (unpaired) electrons. The van der Waals surface area contributed by atoms with Gasteiger partial charge < -0.3 is 4.74 Å². The van der Waals surface area contributed by atoms with Crippen LogP contribution in [0.25, 0.3) is 10.2 Å². The molecule has 0 aliphatic heterocycles. The van der Waals surface area contributed by atoms with E-state index in [1.54, 1.807) is 0 Å². The zero-order valence-corrected chi connectivity index (χ0v) is 14.6. The number of nitrogens with one attached hydrogen (secondary N) is 1. The molecule has 3 aromatic rings. The number of carbonyl (C=O) groups is 1. The summed E-state index contributed by atoms with van der Waals surface area (Å²) >= 11 is 1.35. The second-order valence-electron chi connectivity index (χ2n) is 5.54. The summed E-state index contributed by atoms with van der Waals surface area (Å²) in [7, 11) is 1.40. The molecule has 25 heavy (non-hydrogen) atoms. The number of nitrogens with zero attached hydrogens (tertiary/aromatic N) is 2. The lowest BCUT2D eigenvalue weighted by Crippen LogP contribution is -2.13. The van der Waals surface area contributed by atoms with Gasteiger partial charge in [-0.1, -0.05) is 17.4 Å². The lowest BCUT2D eigenvalue weighted by Gasteiger charge is -2.07. The Morgan fingerprint density at radius 2 is 2.04 bits per heavy atom. The smallest absolute Gasteiger partial charge is 0.270 e. The van der Waals surface area contributed by atoms with Crippen LogP contribution in [0.3, 0.4) is 0 Å². The number of aryl methyl sites for hydroxylation is 2. The minimum Gasteiger partial charge on any atom is -0.496 e. The molecule has 0 bridgehead atoms. The maximum atomic E-state index is 12.6. The van der Waals surface area contributed by atoms with Gasteiger partial charge in [0, 0.05) is 12.1 Å². The highest BCUT2D eigenvalue weighted by Crippen LogP contribution is 2.31. The van der Waals surface area contributed by atoms with Gasteiger partial charge in [0.1, 0.15) is 5.75 Å². The number of rotatable bonds is 4. The Kier molecular flexibility index (Phi) is 4.37. The van der Waals surface area contributed by atoms with Crippen molar-refractivity contribution in [3.8, 4) is 5.75 Å². The molecule has 0 fully saturated rings. The van der Waals surface area contributed by atoms with E-state index in [1.165, 1.54) is 36.6 Å². The quantitative estimate of drug-likeness (QED) is 0.561. The third kappa shape index (κ3) is 3.29. The number of benzene rings is 2. The summed E-state index contributed by atoms with van der Waals surface area (Å²) in [5, 5.41) is 14.1. The van der Waals surface area contributed by atoms with Gasteiger partial charge in [-0.25, -0.2) is 4.98 Å². The van der Waals surface area contributed by atoms with E-state index in [4.69, 9.17) is 4.74 Å². The molecular weight excluding hydrogens is 342 g/mol. The Labute approximate surface area is 147 Å². The lowest BCUT2D eigenvalue weighted by molar-refractivity contribution is -0.384. The molecule has 1 aromatic heterocycles. The van der Waals surface area contributed by atoms with Crippen molar-refractivity contribution in [2.24, 2.45) is 0 Å². The van der Waals surface area contributed by atoms with E-state index in [0.29, 0.717) is 5.13 Å². The van der Waals surface area contributed by atoms with Crippen LogP contribution in [-0.4, -0.2) is 22.9 Å². The first-order valence-electron chi connectivity index (χ1n) is 7.40. The Bertz CT molecular complexity index is 997. The van der Waals surface area contributed by atoms with Gasteiger partial charge >= 0.3 is 0 Å². The molecule has 0 saturated heterocycles. The molecule has 1 N–H and O–H groups in total. The first-order valence-corrected chi connectivity index (χ1v) is 8.22. The number of nitro groups is 1. The van der Waals surface area contributed by atoms with Crippen LogP contribution >= 0.6 is 11.3 Å². The highest BCUT2D eigenvalue weighted by Gasteiger charge is 2.19. The Morgan fingerprint density at radius 1 is 1.28 bits per heavy atom. The van der Waals surface area contributed by atoms with Crippen molar-refractivity contribution in [1.29, 1.82) is 0 Å². The van der Waals surface area contributed by atoms with Crippen LogP contribution in [0, 0.1) is 24.0 Å². The number of hydrogen-bond acceptors (Lipinski definition) is 6. The molecule has 2 aromatic carbocycles. The number of amides is 1. The summed E-state index contributed by atoms with van der Waals surface area (Å²) in [6, 6.07) is 7.91. The minimum absolute atomic E-state index is 0.0869. The molecule has 128 valence electrons. The minimum atomic E-state index is -0.556. The summed E-state index contributed by atoms with van der Waals surface area (Å²) in [5.74, 6) is -0.245. The third-order valence-electron chi connectivity index (χ3n) is 3.69. The van der Waals surface area contributed by atoms with Gasteiger partial charge in [-0.2, -0.15) is 0 Å². The molecule has 1 heterocycles. The normalized spacial score (nSPS) is 10.7. The van der Waals surface area contributed by atoms with Crippen molar-refractivity contribution < 1.29 is 14.5 Å². The molecular formula is C17H15N3O4S. The molecule has 7 nitrogen and oxygen atoms in total. The van der Waals surface area contributed by atoms with Gasteiger partial charge in [0.25, 0.3) is 11.6 Å². The number of hydrogen-bond donors (Lipinski definition) is 1. The Hall–Kier alpha value is -3.00. The third-order valence-corrected chi connectivity index (χ3v) is 4.61. The SMILES string of the molecule is COc1ccc([N+](=O)[O-])cc1C(=O)Nc1nc2c(C)cc(C)cc2s1. The van der Waals surface area contributed by atoms with Crippen LogP contribution in [0.15, 0.2) is 30.3 Å². The standard InChI is InChI=1S/C17H15N3O4S/c1-9-6-10(2)15-14(7-9)25-17(18-15)19-16(21)12-8-11(20(22)23)4-5-13(12)24-3/h4-8H,1-3H3,(H,18,19,21). The second kappa shape index (κ2) is 6.48. The van der Waals surface area contributed by atoms with Gasteiger partial charge in [0.05, 0.1) is 27.8 Å². The predicted molar refractivity (Wildman–Crippen MR) is 96.7 cm³/mol. The fourth-order valence-electron chi connectivity index (χ4n) is 2.58. The van der Waals surface area contributed by atoms with E-state index in [-0.39, 0.29) is 17.0 Å². The molecule has 0 saturated carbocycles.